The molecule has 1 unspecified atom stereocenters. The van der Waals surface area contributed by atoms with Crippen LogP contribution in [0, 0.1) is 0 Å². The van der Waals surface area contributed by atoms with E-state index in [0.717, 1.165) is 30.3 Å². The number of nitrogens with one attached hydrogen (secondary N) is 1. The number of hydrogen-bond donors (Lipinski definition) is 1. The smallest absolute Gasteiger partial charge is 0.0692 e. The highest BCUT2D eigenvalue weighted by atomic mass is 79.9. The zero-order valence-electron chi connectivity index (χ0n) is 9.85. The van der Waals surface area contributed by atoms with Crippen molar-refractivity contribution < 1.29 is 4.74 Å². The first kappa shape index (κ1) is 11.9. The van der Waals surface area contributed by atoms with Crippen molar-refractivity contribution in [1.29, 1.82) is 0 Å². The summed E-state index contributed by atoms with van der Waals surface area (Å²) < 4.78 is 6.50. The molecule has 1 heterocycles. The molecule has 0 aliphatic carbocycles. The fourth-order valence-corrected chi connectivity index (χ4v) is 2.77. The first-order valence-electron chi connectivity index (χ1n) is 5.75. The van der Waals surface area contributed by atoms with Gasteiger partial charge < -0.3 is 10.1 Å². The van der Waals surface area contributed by atoms with Crippen LogP contribution in [0.2, 0.25) is 0 Å². The van der Waals surface area contributed by atoms with Gasteiger partial charge in [-0.25, -0.2) is 0 Å². The summed E-state index contributed by atoms with van der Waals surface area (Å²) in [6.45, 7) is 2.99. The Morgan fingerprint density at radius 3 is 3.00 bits per heavy atom. The molecule has 0 aromatic heterocycles. The number of fused-ring (bicyclic) bond motifs is 1. The third-order valence-electron chi connectivity index (χ3n) is 3.44. The van der Waals surface area contributed by atoms with Crippen LogP contribution in [0.4, 0.5) is 5.69 Å². The summed E-state index contributed by atoms with van der Waals surface area (Å²) in [5, 5.41) is 3.64. The predicted octanol–water partition coefficient (Wildman–Crippen LogP) is 3.60. The highest BCUT2D eigenvalue weighted by molar-refractivity contribution is 9.10. The Labute approximate surface area is 106 Å². The van der Waals surface area contributed by atoms with Gasteiger partial charge in [0.05, 0.1) is 12.1 Å². The molecular formula is C13H18BrNO. The predicted molar refractivity (Wildman–Crippen MR) is 71.0 cm³/mol. The van der Waals surface area contributed by atoms with Crippen LogP contribution in [-0.2, 0) is 11.2 Å². The van der Waals surface area contributed by atoms with Gasteiger partial charge in [0.25, 0.3) is 0 Å². The quantitative estimate of drug-likeness (QED) is 0.915. The fourth-order valence-electron chi connectivity index (χ4n) is 2.36. The lowest BCUT2D eigenvalue weighted by Crippen LogP contribution is -2.45. The Morgan fingerprint density at radius 2 is 2.31 bits per heavy atom. The fraction of sp³-hybridized carbons (Fsp3) is 0.538. The van der Waals surface area contributed by atoms with Gasteiger partial charge in [-0.15, -0.1) is 0 Å². The van der Waals surface area contributed by atoms with Crippen molar-refractivity contribution >= 4 is 21.6 Å². The molecule has 0 spiro atoms. The van der Waals surface area contributed by atoms with Gasteiger partial charge in [0.2, 0.25) is 0 Å². The molecule has 0 amide bonds. The number of rotatable bonds is 3. The van der Waals surface area contributed by atoms with Gasteiger partial charge in [-0.3, -0.25) is 0 Å². The summed E-state index contributed by atoms with van der Waals surface area (Å²) >= 11 is 3.51. The number of halogens is 1. The van der Waals surface area contributed by atoms with E-state index in [9.17, 15) is 0 Å². The van der Waals surface area contributed by atoms with E-state index in [0.29, 0.717) is 0 Å². The van der Waals surface area contributed by atoms with Crippen LogP contribution < -0.4 is 5.32 Å². The minimum Gasteiger partial charge on any atom is -0.382 e. The van der Waals surface area contributed by atoms with E-state index in [4.69, 9.17) is 4.74 Å². The molecule has 0 bridgehead atoms. The van der Waals surface area contributed by atoms with Gasteiger partial charge in [0.1, 0.15) is 0 Å². The van der Waals surface area contributed by atoms with Gasteiger partial charge in [-0.2, -0.15) is 0 Å². The third-order valence-corrected chi connectivity index (χ3v) is 3.93. The van der Waals surface area contributed by atoms with Crippen molar-refractivity contribution in [2.24, 2.45) is 0 Å². The second-order valence-electron chi connectivity index (χ2n) is 4.49. The lowest BCUT2D eigenvalue weighted by atomic mass is 9.85. The van der Waals surface area contributed by atoms with Gasteiger partial charge in [0.15, 0.2) is 0 Å². The molecule has 1 N–H and O–H groups in total. The monoisotopic (exact) mass is 283 g/mol. The maximum atomic E-state index is 5.34. The normalized spacial score (nSPS) is 23.7. The van der Waals surface area contributed by atoms with E-state index >= 15 is 0 Å². The molecule has 88 valence electrons. The topological polar surface area (TPSA) is 21.3 Å². The SMILES string of the molecule is CCC1(COC)CCc2cc(Br)ccc2N1. The zero-order valence-corrected chi connectivity index (χ0v) is 11.4. The van der Waals surface area contributed by atoms with Crippen LogP contribution in [0.25, 0.3) is 0 Å². The van der Waals surface area contributed by atoms with E-state index < -0.39 is 0 Å². The molecule has 0 fully saturated rings. The first-order valence-corrected chi connectivity index (χ1v) is 6.54. The number of hydrogen-bond acceptors (Lipinski definition) is 2. The van der Waals surface area contributed by atoms with Crippen molar-refractivity contribution in [3.8, 4) is 0 Å². The minimum atomic E-state index is 0.121. The first-order chi connectivity index (χ1) is 7.69. The van der Waals surface area contributed by atoms with E-state index in [1.165, 1.54) is 11.3 Å². The Kier molecular flexibility index (Phi) is 3.55. The van der Waals surface area contributed by atoms with Crippen LogP contribution >= 0.6 is 15.9 Å². The summed E-state index contributed by atoms with van der Waals surface area (Å²) in [6, 6.07) is 6.44. The summed E-state index contributed by atoms with van der Waals surface area (Å²) in [6.07, 6.45) is 3.36. The maximum absolute atomic E-state index is 5.34. The zero-order chi connectivity index (χ0) is 11.6. The molecule has 1 aromatic rings. The summed E-state index contributed by atoms with van der Waals surface area (Å²) in [5.74, 6) is 0. The van der Waals surface area contributed by atoms with E-state index in [1.54, 1.807) is 7.11 Å². The van der Waals surface area contributed by atoms with Gasteiger partial charge in [0, 0.05) is 17.3 Å². The lowest BCUT2D eigenvalue weighted by molar-refractivity contribution is 0.133. The number of aryl methyl sites for hydroxylation is 1. The van der Waals surface area contributed by atoms with Crippen molar-refractivity contribution in [2.75, 3.05) is 19.0 Å². The van der Waals surface area contributed by atoms with Gasteiger partial charge >= 0.3 is 0 Å². The Morgan fingerprint density at radius 1 is 1.50 bits per heavy atom. The second kappa shape index (κ2) is 4.76. The molecule has 1 aromatic carbocycles. The maximum Gasteiger partial charge on any atom is 0.0692 e. The number of methoxy groups -OCH3 is 1. The number of anilines is 1. The van der Waals surface area contributed by atoms with Crippen LogP contribution in [0.15, 0.2) is 22.7 Å². The van der Waals surface area contributed by atoms with Gasteiger partial charge in [-0.1, -0.05) is 22.9 Å². The average Bonchev–Trinajstić information content (AvgIpc) is 2.30. The van der Waals surface area contributed by atoms with Crippen LogP contribution in [0.3, 0.4) is 0 Å². The van der Waals surface area contributed by atoms with Crippen LogP contribution in [0.5, 0.6) is 0 Å². The van der Waals surface area contributed by atoms with Crippen molar-refractivity contribution in [1.82, 2.24) is 0 Å². The number of ether oxygens (including phenoxy) is 1. The molecule has 3 heteroatoms. The molecule has 1 atom stereocenters. The molecule has 0 radical (unpaired) electrons. The Hall–Kier alpha value is -0.540. The van der Waals surface area contributed by atoms with Crippen LogP contribution in [-0.4, -0.2) is 19.3 Å². The minimum absolute atomic E-state index is 0.121. The lowest BCUT2D eigenvalue weighted by Gasteiger charge is -2.39. The molecule has 0 saturated heterocycles. The van der Waals surface area contributed by atoms with Crippen molar-refractivity contribution in [3.05, 3.63) is 28.2 Å². The molecular weight excluding hydrogens is 266 g/mol. The highest BCUT2D eigenvalue weighted by Crippen LogP contribution is 2.34. The van der Waals surface area contributed by atoms with Crippen molar-refractivity contribution in [2.45, 2.75) is 31.7 Å². The highest BCUT2D eigenvalue weighted by Gasteiger charge is 2.32. The molecule has 2 nitrogen and oxygen atoms in total. The van der Waals surface area contributed by atoms with E-state index in [2.05, 4.69) is 46.4 Å². The molecule has 1 aliphatic rings. The van der Waals surface area contributed by atoms with Crippen LogP contribution in [0.1, 0.15) is 25.3 Å². The Balaban J connectivity index is 2.25. The summed E-state index contributed by atoms with van der Waals surface area (Å²) in [5.41, 5.74) is 2.78. The molecule has 0 saturated carbocycles. The second-order valence-corrected chi connectivity index (χ2v) is 5.41. The van der Waals surface area contributed by atoms with E-state index in [-0.39, 0.29) is 5.54 Å². The molecule has 2 rings (SSSR count). The standard InChI is InChI=1S/C13H18BrNO/c1-3-13(9-16-2)7-6-10-8-11(14)4-5-12(10)15-13/h4-5,8,15H,3,6-7,9H2,1-2H3. The van der Waals surface area contributed by atoms with Gasteiger partial charge in [-0.05, 0) is 43.0 Å². The summed E-state index contributed by atoms with van der Waals surface area (Å²) in [4.78, 5) is 0. The van der Waals surface area contributed by atoms with Crippen molar-refractivity contribution in [3.63, 3.8) is 0 Å². The molecule has 16 heavy (non-hydrogen) atoms. The molecule has 1 aliphatic heterocycles. The van der Waals surface area contributed by atoms with E-state index in [1.807, 2.05) is 0 Å². The third kappa shape index (κ3) is 2.25. The largest absolute Gasteiger partial charge is 0.382 e. The number of benzene rings is 1. The Bertz CT molecular complexity index is 380. The average molecular weight is 284 g/mol. The summed E-state index contributed by atoms with van der Waals surface area (Å²) in [7, 11) is 1.77.